The van der Waals surface area contributed by atoms with E-state index in [2.05, 4.69) is 30.4 Å². The minimum absolute atomic E-state index is 0.157. The third kappa shape index (κ3) is 4.63. The summed E-state index contributed by atoms with van der Waals surface area (Å²) in [6, 6.07) is 8.80. The molecule has 0 saturated heterocycles. The lowest BCUT2D eigenvalue weighted by Crippen LogP contribution is -2.27. The number of nitriles is 4. The summed E-state index contributed by atoms with van der Waals surface area (Å²) in [5, 5.41) is 35.7. The molecule has 0 aromatic heterocycles. The second-order valence-corrected chi connectivity index (χ2v) is 5.72. The largest absolute Gasteiger partial charge is 0.198 e. The molecule has 0 fully saturated rings. The molecule has 4 heteroatoms. The number of hydrogen-bond acceptors (Lipinski definition) is 4. The summed E-state index contributed by atoms with van der Waals surface area (Å²) >= 11 is 0. The van der Waals surface area contributed by atoms with E-state index in [-0.39, 0.29) is 23.7 Å². The van der Waals surface area contributed by atoms with E-state index in [9.17, 15) is 0 Å². The molecule has 1 rings (SSSR count). The molecule has 0 heterocycles. The van der Waals surface area contributed by atoms with Crippen LogP contribution in [0.3, 0.4) is 0 Å². The molecule has 1 aliphatic rings. The van der Waals surface area contributed by atoms with Crippen LogP contribution in [-0.2, 0) is 0 Å². The molecule has 4 unspecified atom stereocenters. The van der Waals surface area contributed by atoms with Gasteiger partial charge in [0.15, 0.2) is 0 Å². The van der Waals surface area contributed by atoms with Crippen molar-refractivity contribution in [1.82, 2.24) is 0 Å². The number of allylic oxidation sites excluding steroid dienone is 2. The first-order chi connectivity index (χ1) is 10.2. The maximum Gasteiger partial charge on any atom is 0.0628 e. The second kappa shape index (κ2) is 8.79. The van der Waals surface area contributed by atoms with E-state index in [0.717, 1.165) is 18.4 Å². The lowest BCUT2D eigenvalue weighted by Gasteiger charge is -2.36. The Hall–Kier alpha value is -2.30. The first-order valence-corrected chi connectivity index (χ1v) is 7.34. The second-order valence-electron chi connectivity index (χ2n) is 5.72. The topological polar surface area (TPSA) is 95.2 Å². The van der Waals surface area contributed by atoms with Crippen molar-refractivity contribution < 1.29 is 0 Å². The van der Waals surface area contributed by atoms with Gasteiger partial charge in [-0.15, -0.1) is 0 Å². The number of rotatable bonds is 6. The van der Waals surface area contributed by atoms with Gasteiger partial charge in [-0.2, -0.15) is 21.0 Å². The third-order valence-electron chi connectivity index (χ3n) is 4.46. The van der Waals surface area contributed by atoms with Gasteiger partial charge in [-0.05, 0) is 43.4 Å². The van der Waals surface area contributed by atoms with Crippen molar-refractivity contribution in [1.29, 1.82) is 21.0 Å². The Bertz CT molecular complexity index is 535. The molecule has 0 bridgehead atoms. The summed E-state index contributed by atoms with van der Waals surface area (Å²) in [4.78, 5) is 0. The Morgan fingerprint density at radius 2 is 1.81 bits per heavy atom. The monoisotopic (exact) mass is 280 g/mol. The van der Waals surface area contributed by atoms with Crippen LogP contribution in [0.1, 0.15) is 45.4 Å². The molecule has 0 radical (unpaired) electrons. The van der Waals surface area contributed by atoms with Crippen molar-refractivity contribution in [3.8, 4) is 24.3 Å². The van der Waals surface area contributed by atoms with Crippen LogP contribution in [0.15, 0.2) is 11.6 Å². The Balaban J connectivity index is 2.93. The molecule has 0 amide bonds. The van der Waals surface area contributed by atoms with Gasteiger partial charge < -0.3 is 0 Å². The zero-order chi connectivity index (χ0) is 15.7. The first kappa shape index (κ1) is 16.8. The molecule has 0 aliphatic heterocycles. The highest BCUT2D eigenvalue weighted by molar-refractivity contribution is 5.16. The van der Waals surface area contributed by atoms with Gasteiger partial charge in [0.25, 0.3) is 0 Å². The number of nitrogens with zero attached hydrogens (tertiary/aromatic N) is 4. The fourth-order valence-electron chi connectivity index (χ4n) is 3.35. The van der Waals surface area contributed by atoms with Gasteiger partial charge >= 0.3 is 0 Å². The average molecular weight is 280 g/mol. The van der Waals surface area contributed by atoms with Crippen LogP contribution in [0.25, 0.3) is 0 Å². The molecule has 0 aromatic rings. The van der Waals surface area contributed by atoms with Crippen LogP contribution in [0.5, 0.6) is 0 Å². The van der Waals surface area contributed by atoms with Gasteiger partial charge in [-0.25, -0.2) is 0 Å². The summed E-state index contributed by atoms with van der Waals surface area (Å²) in [7, 11) is 0. The van der Waals surface area contributed by atoms with Crippen LogP contribution >= 0.6 is 0 Å². The molecular weight excluding hydrogens is 260 g/mol. The van der Waals surface area contributed by atoms with Crippen LogP contribution < -0.4 is 0 Å². The van der Waals surface area contributed by atoms with Crippen LogP contribution in [-0.4, -0.2) is 0 Å². The summed E-state index contributed by atoms with van der Waals surface area (Å²) in [5.41, 5.74) is 1.16. The molecule has 0 spiro atoms. The van der Waals surface area contributed by atoms with Crippen molar-refractivity contribution >= 4 is 0 Å². The third-order valence-corrected chi connectivity index (χ3v) is 4.46. The maximum atomic E-state index is 9.01. The van der Waals surface area contributed by atoms with E-state index < -0.39 is 0 Å². The van der Waals surface area contributed by atoms with E-state index in [1.807, 2.05) is 6.92 Å². The molecular formula is C17H20N4. The van der Waals surface area contributed by atoms with Crippen LogP contribution in [0.2, 0.25) is 0 Å². The Morgan fingerprint density at radius 3 is 2.38 bits per heavy atom. The Labute approximate surface area is 126 Å². The van der Waals surface area contributed by atoms with Gasteiger partial charge in [-0.3, -0.25) is 0 Å². The number of hydrogen-bond donors (Lipinski definition) is 0. The van der Waals surface area contributed by atoms with E-state index in [1.165, 1.54) is 0 Å². The van der Waals surface area contributed by atoms with Crippen molar-refractivity contribution in [2.45, 2.75) is 45.4 Å². The lowest BCUT2D eigenvalue weighted by atomic mass is 9.68. The standard InChI is InChI=1S/C17H20N4/c1-13-11-16(14(4-8-19)3-2-7-18)12-15(5-9-20)17(13)6-10-21/h11,14-17H,2-6,12H2,1H3. The van der Waals surface area contributed by atoms with Crippen LogP contribution in [0.4, 0.5) is 0 Å². The molecule has 0 saturated carbocycles. The molecule has 0 N–H and O–H groups in total. The lowest BCUT2D eigenvalue weighted by molar-refractivity contribution is 0.242. The first-order valence-electron chi connectivity index (χ1n) is 7.34. The summed E-state index contributed by atoms with van der Waals surface area (Å²) < 4.78 is 0. The molecule has 0 aromatic carbocycles. The predicted molar refractivity (Wildman–Crippen MR) is 77.9 cm³/mol. The Morgan fingerprint density at radius 1 is 1.10 bits per heavy atom. The van der Waals surface area contributed by atoms with Gasteiger partial charge in [0, 0.05) is 25.7 Å². The molecule has 4 atom stereocenters. The SMILES string of the molecule is CC1=CC(C(CC#N)CCC#N)CC(CC#N)C1CC#N. The van der Waals surface area contributed by atoms with E-state index >= 15 is 0 Å². The highest BCUT2D eigenvalue weighted by Gasteiger charge is 2.33. The van der Waals surface area contributed by atoms with E-state index in [4.69, 9.17) is 21.0 Å². The van der Waals surface area contributed by atoms with Crippen molar-refractivity contribution in [2.75, 3.05) is 0 Å². The van der Waals surface area contributed by atoms with E-state index in [0.29, 0.717) is 25.7 Å². The molecule has 4 nitrogen and oxygen atoms in total. The molecule has 108 valence electrons. The fraction of sp³-hybridized carbons (Fsp3) is 0.647. The quantitative estimate of drug-likeness (QED) is 0.690. The van der Waals surface area contributed by atoms with Crippen molar-refractivity contribution in [2.24, 2.45) is 23.7 Å². The summed E-state index contributed by atoms with van der Waals surface area (Å²) in [5.74, 6) is 0.762. The zero-order valence-corrected chi connectivity index (χ0v) is 12.4. The molecule has 1 aliphatic carbocycles. The fourth-order valence-corrected chi connectivity index (χ4v) is 3.35. The smallest absolute Gasteiger partial charge is 0.0628 e. The van der Waals surface area contributed by atoms with Gasteiger partial charge in [0.05, 0.1) is 24.3 Å². The summed E-state index contributed by atoms with van der Waals surface area (Å²) in [6.45, 7) is 2.02. The summed E-state index contributed by atoms with van der Waals surface area (Å²) in [6.07, 6.45) is 5.54. The maximum absolute atomic E-state index is 9.01. The van der Waals surface area contributed by atoms with Crippen LogP contribution in [0, 0.1) is 69.0 Å². The van der Waals surface area contributed by atoms with E-state index in [1.54, 1.807) is 0 Å². The normalized spacial score (nSPS) is 25.6. The average Bonchev–Trinajstić information content (AvgIpc) is 2.47. The highest BCUT2D eigenvalue weighted by Crippen LogP contribution is 2.41. The predicted octanol–water partition coefficient (Wildman–Crippen LogP) is 3.85. The zero-order valence-electron chi connectivity index (χ0n) is 12.4. The van der Waals surface area contributed by atoms with Crippen molar-refractivity contribution in [3.63, 3.8) is 0 Å². The van der Waals surface area contributed by atoms with Gasteiger partial charge in [-0.1, -0.05) is 11.6 Å². The van der Waals surface area contributed by atoms with Gasteiger partial charge in [0.2, 0.25) is 0 Å². The molecule has 21 heavy (non-hydrogen) atoms. The van der Waals surface area contributed by atoms with Crippen molar-refractivity contribution in [3.05, 3.63) is 11.6 Å². The minimum atomic E-state index is 0.157. The van der Waals surface area contributed by atoms with Gasteiger partial charge in [0.1, 0.15) is 0 Å². The highest BCUT2D eigenvalue weighted by atomic mass is 14.4. The Kier molecular flexibility index (Phi) is 7.01. The minimum Gasteiger partial charge on any atom is -0.198 e.